The zero-order valence-corrected chi connectivity index (χ0v) is 13.7. The lowest BCUT2D eigenvalue weighted by Gasteiger charge is -2.33. The van der Waals surface area contributed by atoms with Gasteiger partial charge in [0.15, 0.2) is 5.82 Å². The van der Waals surface area contributed by atoms with Gasteiger partial charge in [-0.2, -0.15) is 0 Å². The molecule has 2 heterocycles. The highest BCUT2D eigenvalue weighted by Gasteiger charge is 2.24. The molecule has 2 rings (SSSR count). The number of anilines is 1. The monoisotopic (exact) mass is 292 g/mol. The van der Waals surface area contributed by atoms with Gasteiger partial charge in [-0.25, -0.2) is 4.98 Å². The molecule has 1 N–H and O–H groups in total. The summed E-state index contributed by atoms with van der Waals surface area (Å²) in [4.78, 5) is 19.1. The number of piperidine rings is 1. The second-order valence-corrected chi connectivity index (χ2v) is 6.83. The van der Waals surface area contributed by atoms with Gasteiger partial charge >= 0.3 is 0 Å². The lowest BCUT2D eigenvalue weighted by atomic mass is 9.97. The molecule has 1 saturated heterocycles. The van der Waals surface area contributed by atoms with Gasteiger partial charge in [0, 0.05) is 31.0 Å². The van der Waals surface area contributed by atoms with Crippen LogP contribution in [0.1, 0.15) is 40.5 Å². The maximum absolute atomic E-state index is 12.6. The standard InChI is InChI=1S/C16H28N4O/c1-5-17-12-13-6-9-19(10-7-13)14-15(21)20(11-8-18-14)16(2,3)4/h8,11,13,17H,5-7,9-10,12H2,1-4H3. The Morgan fingerprint density at radius 1 is 1.33 bits per heavy atom. The van der Waals surface area contributed by atoms with Gasteiger partial charge in [0.2, 0.25) is 0 Å². The van der Waals surface area contributed by atoms with E-state index in [0.29, 0.717) is 5.82 Å². The van der Waals surface area contributed by atoms with Gasteiger partial charge in [-0.1, -0.05) is 6.92 Å². The Morgan fingerprint density at radius 2 is 2.00 bits per heavy atom. The highest BCUT2D eigenvalue weighted by Crippen LogP contribution is 2.20. The Balaban J connectivity index is 2.09. The third-order valence-corrected chi connectivity index (χ3v) is 4.14. The van der Waals surface area contributed by atoms with Crippen LogP contribution in [0.2, 0.25) is 0 Å². The third-order valence-electron chi connectivity index (χ3n) is 4.14. The van der Waals surface area contributed by atoms with Gasteiger partial charge in [0.1, 0.15) is 0 Å². The molecule has 1 aliphatic rings. The van der Waals surface area contributed by atoms with E-state index in [0.717, 1.165) is 44.9 Å². The Bertz CT molecular complexity index is 510. The van der Waals surface area contributed by atoms with E-state index in [1.165, 1.54) is 0 Å². The van der Waals surface area contributed by atoms with Crippen LogP contribution in [0, 0.1) is 5.92 Å². The Labute approximate surface area is 127 Å². The molecule has 0 aromatic carbocycles. The Morgan fingerprint density at radius 3 is 2.57 bits per heavy atom. The number of nitrogens with one attached hydrogen (secondary N) is 1. The maximum Gasteiger partial charge on any atom is 0.293 e. The van der Waals surface area contributed by atoms with Crippen molar-refractivity contribution in [3.63, 3.8) is 0 Å². The minimum Gasteiger partial charge on any atom is -0.352 e. The van der Waals surface area contributed by atoms with Crippen molar-refractivity contribution in [2.75, 3.05) is 31.1 Å². The molecule has 0 spiro atoms. The smallest absolute Gasteiger partial charge is 0.293 e. The summed E-state index contributed by atoms with van der Waals surface area (Å²) in [5.41, 5.74) is -0.187. The predicted molar refractivity (Wildman–Crippen MR) is 87.0 cm³/mol. The fourth-order valence-electron chi connectivity index (χ4n) is 2.84. The van der Waals surface area contributed by atoms with E-state index in [9.17, 15) is 4.79 Å². The molecule has 118 valence electrons. The number of aromatic nitrogens is 2. The van der Waals surface area contributed by atoms with Crippen LogP contribution >= 0.6 is 0 Å². The van der Waals surface area contributed by atoms with E-state index >= 15 is 0 Å². The summed E-state index contributed by atoms with van der Waals surface area (Å²) >= 11 is 0. The van der Waals surface area contributed by atoms with Crippen molar-refractivity contribution in [2.45, 2.75) is 46.1 Å². The molecular weight excluding hydrogens is 264 g/mol. The fraction of sp³-hybridized carbons (Fsp3) is 0.750. The van der Waals surface area contributed by atoms with Gasteiger partial charge in [-0.05, 0) is 52.6 Å². The first-order chi connectivity index (χ1) is 9.93. The van der Waals surface area contributed by atoms with E-state index in [2.05, 4.69) is 22.1 Å². The largest absolute Gasteiger partial charge is 0.352 e. The van der Waals surface area contributed by atoms with Crippen molar-refractivity contribution in [3.05, 3.63) is 22.7 Å². The molecule has 0 aliphatic carbocycles. The molecule has 1 aromatic rings. The highest BCUT2D eigenvalue weighted by atomic mass is 16.1. The number of rotatable bonds is 4. The summed E-state index contributed by atoms with van der Waals surface area (Å²) in [6.45, 7) is 12.2. The molecule has 1 aromatic heterocycles. The first-order valence-electron chi connectivity index (χ1n) is 7.97. The van der Waals surface area contributed by atoms with Gasteiger partial charge in [-0.15, -0.1) is 0 Å². The molecule has 0 amide bonds. The molecule has 0 unspecified atom stereocenters. The molecule has 5 heteroatoms. The second kappa shape index (κ2) is 6.60. The predicted octanol–water partition coefficient (Wildman–Crippen LogP) is 1.82. The number of hydrogen-bond donors (Lipinski definition) is 1. The van der Waals surface area contributed by atoms with Crippen LogP contribution in [0.25, 0.3) is 0 Å². The normalized spacial score (nSPS) is 17.2. The highest BCUT2D eigenvalue weighted by molar-refractivity contribution is 5.36. The average molecular weight is 292 g/mol. The molecule has 0 radical (unpaired) electrons. The van der Waals surface area contributed by atoms with Crippen LogP contribution in [0.15, 0.2) is 17.2 Å². The number of nitrogens with zero attached hydrogens (tertiary/aromatic N) is 3. The Hall–Kier alpha value is -1.36. The van der Waals surface area contributed by atoms with Crippen LogP contribution < -0.4 is 15.8 Å². The average Bonchev–Trinajstić information content (AvgIpc) is 2.45. The van der Waals surface area contributed by atoms with E-state index in [1.807, 2.05) is 20.8 Å². The molecular formula is C16H28N4O. The third kappa shape index (κ3) is 3.84. The maximum atomic E-state index is 12.6. The molecule has 0 bridgehead atoms. The first-order valence-corrected chi connectivity index (χ1v) is 7.97. The molecule has 1 aliphatic heterocycles. The quantitative estimate of drug-likeness (QED) is 0.920. The van der Waals surface area contributed by atoms with E-state index in [-0.39, 0.29) is 11.1 Å². The van der Waals surface area contributed by atoms with Gasteiger partial charge in [0.05, 0.1) is 0 Å². The van der Waals surface area contributed by atoms with Crippen LogP contribution in [0.4, 0.5) is 5.82 Å². The van der Waals surface area contributed by atoms with Crippen LogP contribution in [0.5, 0.6) is 0 Å². The van der Waals surface area contributed by atoms with Crippen molar-refractivity contribution < 1.29 is 0 Å². The van der Waals surface area contributed by atoms with Crippen molar-refractivity contribution in [1.29, 1.82) is 0 Å². The molecule has 0 saturated carbocycles. The second-order valence-electron chi connectivity index (χ2n) is 6.83. The summed E-state index contributed by atoms with van der Waals surface area (Å²) < 4.78 is 1.78. The SMILES string of the molecule is CCNCC1CCN(c2nccn(C(C)(C)C)c2=O)CC1. The van der Waals surface area contributed by atoms with E-state index in [1.54, 1.807) is 17.0 Å². The van der Waals surface area contributed by atoms with Crippen LogP contribution in [-0.2, 0) is 5.54 Å². The number of hydrogen-bond acceptors (Lipinski definition) is 4. The minimum atomic E-state index is -0.210. The van der Waals surface area contributed by atoms with Crippen molar-refractivity contribution in [2.24, 2.45) is 5.92 Å². The van der Waals surface area contributed by atoms with Gasteiger partial charge in [0.25, 0.3) is 5.56 Å². The van der Waals surface area contributed by atoms with Crippen LogP contribution in [0.3, 0.4) is 0 Å². The summed E-state index contributed by atoms with van der Waals surface area (Å²) in [5.74, 6) is 1.32. The van der Waals surface area contributed by atoms with Gasteiger partial charge < -0.3 is 14.8 Å². The molecule has 1 fully saturated rings. The van der Waals surface area contributed by atoms with Crippen molar-refractivity contribution >= 4 is 5.82 Å². The topological polar surface area (TPSA) is 50.2 Å². The van der Waals surface area contributed by atoms with Crippen LogP contribution in [-0.4, -0.2) is 35.7 Å². The van der Waals surface area contributed by atoms with E-state index < -0.39 is 0 Å². The summed E-state index contributed by atoms with van der Waals surface area (Å²) in [7, 11) is 0. The minimum absolute atomic E-state index is 0.0233. The molecule has 21 heavy (non-hydrogen) atoms. The lowest BCUT2D eigenvalue weighted by molar-refractivity contribution is 0.371. The van der Waals surface area contributed by atoms with Crippen molar-refractivity contribution in [1.82, 2.24) is 14.9 Å². The van der Waals surface area contributed by atoms with Crippen molar-refractivity contribution in [3.8, 4) is 0 Å². The first kappa shape index (κ1) is 16.0. The summed E-state index contributed by atoms with van der Waals surface area (Å²) in [6, 6.07) is 0. The lowest BCUT2D eigenvalue weighted by Crippen LogP contribution is -2.43. The van der Waals surface area contributed by atoms with Gasteiger partial charge in [-0.3, -0.25) is 4.79 Å². The molecule has 0 atom stereocenters. The zero-order valence-electron chi connectivity index (χ0n) is 13.7. The Kier molecular flexibility index (Phi) is 5.04. The summed E-state index contributed by atoms with van der Waals surface area (Å²) in [6.07, 6.45) is 5.77. The fourth-order valence-corrected chi connectivity index (χ4v) is 2.84. The summed E-state index contributed by atoms with van der Waals surface area (Å²) in [5, 5.41) is 3.41. The zero-order chi connectivity index (χ0) is 15.5. The molecule has 5 nitrogen and oxygen atoms in total. The van der Waals surface area contributed by atoms with E-state index in [4.69, 9.17) is 0 Å².